The molecule has 0 spiro atoms. The molecule has 0 radical (unpaired) electrons. The van der Waals surface area contributed by atoms with Crippen LogP contribution in [-0.4, -0.2) is 11.9 Å². The number of hydrogen-bond acceptors (Lipinski definition) is 2. The first-order chi connectivity index (χ1) is 5.27. The van der Waals surface area contributed by atoms with E-state index in [-0.39, 0.29) is 6.04 Å². The van der Waals surface area contributed by atoms with E-state index in [1.165, 1.54) is 0 Å². The van der Waals surface area contributed by atoms with Crippen LogP contribution in [0.25, 0.3) is 0 Å². The molecule has 1 aliphatic rings. The van der Waals surface area contributed by atoms with E-state index in [4.69, 9.17) is 11.6 Å². The first kappa shape index (κ1) is 8.60. The van der Waals surface area contributed by atoms with Gasteiger partial charge in [-0.2, -0.15) is 0 Å². The molecule has 0 amide bonds. The normalized spacial score (nSPS) is 23.7. The summed E-state index contributed by atoms with van der Waals surface area (Å²) in [7, 11) is 0. The lowest BCUT2D eigenvalue weighted by molar-refractivity contribution is 0.673. The third-order valence-electron chi connectivity index (χ3n) is 1.76. The van der Waals surface area contributed by atoms with Gasteiger partial charge in [0.1, 0.15) is 5.84 Å². The monoisotopic (exact) mass is 172 g/mol. The summed E-state index contributed by atoms with van der Waals surface area (Å²) in [6.07, 6.45) is 3.69. The average molecular weight is 173 g/mol. The fourth-order valence-electron chi connectivity index (χ4n) is 1.03. The maximum atomic E-state index is 5.90. The Morgan fingerprint density at radius 3 is 2.91 bits per heavy atom. The molecular weight excluding hydrogens is 160 g/mol. The van der Waals surface area contributed by atoms with Crippen molar-refractivity contribution in [2.75, 3.05) is 0 Å². The third-order valence-corrected chi connectivity index (χ3v) is 2.12. The number of nitrogens with zero attached hydrogens (tertiary/aromatic N) is 1. The molecule has 0 aliphatic carbocycles. The molecule has 0 fully saturated rings. The third kappa shape index (κ3) is 1.96. The first-order valence-corrected chi connectivity index (χ1v) is 4.34. The van der Waals surface area contributed by atoms with Crippen LogP contribution in [0.15, 0.2) is 16.2 Å². The Kier molecular flexibility index (Phi) is 2.94. The molecule has 1 unspecified atom stereocenters. The molecular formula is C8H13ClN2. The van der Waals surface area contributed by atoms with Crippen LogP contribution >= 0.6 is 11.6 Å². The second-order valence-corrected chi connectivity index (χ2v) is 2.98. The topological polar surface area (TPSA) is 24.4 Å². The Labute approximate surface area is 72.3 Å². The molecule has 0 aromatic carbocycles. The van der Waals surface area contributed by atoms with Crippen molar-refractivity contribution in [2.45, 2.75) is 32.7 Å². The van der Waals surface area contributed by atoms with Crippen LogP contribution < -0.4 is 5.32 Å². The SMILES string of the molecule is CCC1=NC=C(Cl)C(CC)N1. The summed E-state index contributed by atoms with van der Waals surface area (Å²) in [6, 6.07) is 0.282. The van der Waals surface area contributed by atoms with Gasteiger partial charge >= 0.3 is 0 Å². The second-order valence-electron chi connectivity index (χ2n) is 2.55. The minimum absolute atomic E-state index is 0.282. The maximum absolute atomic E-state index is 5.90. The van der Waals surface area contributed by atoms with Gasteiger partial charge in [-0.15, -0.1) is 0 Å². The maximum Gasteiger partial charge on any atom is 0.102 e. The summed E-state index contributed by atoms with van der Waals surface area (Å²) < 4.78 is 0. The van der Waals surface area contributed by atoms with Crippen LogP contribution in [0.2, 0.25) is 0 Å². The molecule has 1 atom stereocenters. The zero-order valence-electron chi connectivity index (χ0n) is 6.89. The van der Waals surface area contributed by atoms with Crippen LogP contribution in [0, 0.1) is 0 Å². The number of aliphatic imine (C=N–C) groups is 1. The van der Waals surface area contributed by atoms with Gasteiger partial charge in [-0.05, 0) is 6.42 Å². The van der Waals surface area contributed by atoms with E-state index in [1.54, 1.807) is 6.20 Å². The Bertz CT molecular complexity index is 196. The van der Waals surface area contributed by atoms with Crippen LogP contribution in [0.4, 0.5) is 0 Å². The highest BCUT2D eigenvalue weighted by Gasteiger charge is 2.14. The summed E-state index contributed by atoms with van der Waals surface area (Å²) in [5.41, 5.74) is 0. The molecule has 1 heterocycles. The molecule has 3 heteroatoms. The summed E-state index contributed by atoms with van der Waals surface area (Å²) in [5.74, 6) is 1.03. The predicted molar refractivity (Wildman–Crippen MR) is 48.9 cm³/mol. The number of nitrogens with one attached hydrogen (secondary N) is 1. The van der Waals surface area contributed by atoms with Crippen molar-refractivity contribution in [3.8, 4) is 0 Å². The van der Waals surface area contributed by atoms with Crippen LogP contribution in [0.5, 0.6) is 0 Å². The van der Waals surface area contributed by atoms with Gasteiger partial charge in [0.2, 0.25) is 0 Å². The second kappa shape index (κ2) is 3.77. The van der Waals surface area contributed by atoms with E-state index in [1.807, 2.05) is 0 Å². The molecule has 0 saturated carbocycles. The number of hydrogen-bond donors (Lipinski definition) is 1. The highest BCUT2D eigenvalue weighted by molar-refractivity contribution is 6.30. The van der Waals surface area contributed by atoms with Crippen LogP contribution in [0.1, 0.15) is 26.7 Å². The smallest absolute Gasteiger partial charge is 0.102 e. The van der Waals surface area contributed by atoms with E-state index in [2.05, 4.69) is 24.2 Å². The van der Waals surface area contributed by atoms with Crippen molar-refractivity contribution in [3.63, 3.8) is 0 Å². The minimum Gasteiger partial charge on any atom is -0.366 e. The summed E-state index contributed by atoms with van der Waals surface area (Å²) in [6.45, 7) is 4.18. The molecule has 0 bridgehead atoms. The highest BCUT2D eigenvalue weighted by atomic mass is 35.5. The van der Waals surface area contributed by atoms with Crippen molar-refractivity contribution >= 4 is 17.4 Å². The molecule has 11 heavy (non-hydrogen) atoms. The molecule has 1 rings (SSSR count). The van der Waals surface area contributed by atoms with Gasteiger partial charge in [0, 0.05) is 12.6 Å². The van der Waals surface area contributed by atoms with Gasteiger partial charge in [0.15, 0.2) is 0 Å². The summed E-state index contributed by atoms with van der Waals surface area (Å²) in [4.78, 5) is 4.14. The summed E-state index contributed by atoms with van der Waals surface area (Å²) >= 11 is 5.90. The lowest BCUT2D eigenvalue weighted by atomic mass is 10.2. The van der Waals surface area contributed by atoms with Crippen molar-refractivity contribution in [1.29, 1.82) is 0 Å². The van der Waals surface area contributed by atoms with E-state index in [9.17, 15) is 0 Å². The standard InChI is InChI=1S/C8H13ClN2/c1-3-7-6(9)5-10-8(4-2)11-7/h5,7H,3-4H2,1-2H3,(H,10,11). The number of halogens is 1. The van der Waals surface area contributed by atoms with Crippen LogP contribution in [-0.2, 0) is 0 Å². The Morgan fingerprint density at radius 2 is 2.36 bits per heavy atom. The fourth-order valence-corrected chi connectivity index (χ4v) is 1.28. The van der Waals surface area contributed by atoms with Crippen molar-refractivity contribution in [3.05, 3.63) is 11.2 Å². The number of rotatable bonds is 2. The zero-order valence-corrected chi connectivity index (χ0v) is 7.65. The molecule has 0 saturated heterocycles. The van der Waals surface area contributed by atoms with Gasteiger partial charge in [0.25, 0.3) is 0 Å². The van der Waals surface area contributed by atoms with E-state index in [0.717, 1.165) is 23.7 Å². The predicted octanol–water partition coefficient (Wildman–Crippen LogP) is 2.26. The summed E-state index contributed by atoms with van der Waals surface area (Å²) in [5, 5.41) is 4.06. The largest absolute Gasteiger partial charge is 0.366 e. The number of amidine groups is 1. The average Bonchev–Trinajstić information content (AvgIpc) is 2.05. The van der Waals surface area contributed by atoms with E-state index in [0.29, 0.717) is 0 Å². The van der Waals surface area contributed by atoms with Gasteiger partial charge in [-0.25, -0.2) is 4.99 Å². The minimum atomic E-state index is 0.282. The molecule has 2 nitrogen and oxygen atoms in total. The zero-order chi connectivity index (χ0) is 8.27. The fraction of sp³-hybridized carbons (Fsp3) is 0.625. The van der Waals surface area contributed by atoms with Gasteiger partial charge < -0.3 is 5.32 Å². The lowest BCUT2D eigenvalue weighted by Crippen LogP contribution is -2.36. The molecule has 62 valence electrons. The molecule has 0 aromatic heterocycles. The molecule has 0 aromatic rings. The van der Waals surface area contributed by atoms with Crippen molar-refractivity contribution in [2.24, 2.45) is 4.99 Å². The lowest BCUT2D eigenvalue weighted by Gasteiger charge is -2.21. The van der Waals surface area contributed by atoms with Crippen molar-refractivity contribution < 1.29 is 0 Å². The Balaban J connectivity index is 2.67. The molecule has 1 aliphatic heterocycles. The van der Waals surface area contributed by atoms with Crippen molar-refractivity contribution in [1.82, 2.24) is 5.32 Å². The Hall–Kier alpha value is -0.500. The van der Waals surface area contributed by atoms with E-state index < -0.39 is 0 Å². The van der Waals surface area contributed by atoms with E-state index >= 15 is 0 Å². The Morgan fingerprint density at radius 1 is 1.64 bits per heavy atom. The molecule has 1 N–H and O–H groups in total. The highest BCUT2D eigenvalue weighted by Crippen LogP contribution is 2.15. The van der Waals surface area contributed by atoms with Gasteiger partial charge in [-0.3, -0.25) is 0 Å². The first-order valence-electron chi connectivity index (χ1n) is 3.96. The quantitative estimate of drug-likeness (QED) is 0.679. The van der Waals surface area contributed by atoms with Crippen LogP contribution in [0.3, 0.4) is 0 Å². The van der Waals surface area contributed by atoms with Gasteiger partial charge in [0.05, 0.1) is 11.1 Å². The van der Waals surface area contributed by atoms with Gasteiger partial charge in [-0.1, -0.05) is 25.4 Å².